The molecular formula is C36H55N3O4. The quantitative estimate of drug-likeness (QED) is 0.216. The van der Waals surface area contributed by atoms with Crippen LogP contribution in [-0.4, -0.2) is 41.0 Å². The minimum atomic E-state index is -0.885. The first-order chi connectivity index (χ1) is 20.2. The Morgan fingerprint density at radius 2 is 1.47 bits per heavy atom. The first-order valence-corrected chi connectivity index (χ1v) is 15.9. The highest BCUT2D eigenvalue weighted by Crippen LogP contribution is 2.30. The number of aryl methyl sites for hydroxylation is 4. The zero-order valence-electron chi connectivity index (χ0n) is 28.2. The highest BCUT2D eigenvalue weighted by atomic mass is 16.6. The molecule has 0 saturated heterocycles. The van der Waals surface area contributed by atoms with E-state index < -0.39 is 23.8 Å². The SMILES string of the molecule is CCCCCCCCN(C(=O)C(NC(=O)OC(C)(C)C)C(C)C)C(C(=O)Nc1c(C)cccc1C)c1cc(C)ccc1C. The Bertz CT molecular complexity index is 1210. The molecule has 2 aromatic carbocycles. The molecule has 3 amide bonds. The summed E-state index contributed by atoms with van der Waals surface area (Å²) in [6.07, 6.45) is 5.61. The van der Waals surface area contributed by atoms with Crippen molar-refractivity contribution in [2.75, 3.05) is 11.9 Å². The van der Waals surface area contributed by atoms with E-state index in [-0.39, 0.29) is 17.7 Å². The molecule has 0 aliphatic carbocycles. The van der Waals surface area contributed by atoms with Crippen molar-refractivity contribution < 1.29 is 19.1 Å². The molecule has 2 N–H and O–H groups in total. The van der Waals surface area contributed by atoms with Crippen molar-refractivity contribution in [3.8, 4) is 0 Å². The summed E-state index contributed by atoms with van der Waals surface area (Å²) in [6, 6.07) is 10.2. The zero-order valence-corrected chi connectivity index (χ0v) is 28.2. The molecule has 0 saturated carbocycles. The Kier molecular flexibility index (Phi) is 13.7. The summed E-state index contributed by atoms with van der Waals surface area (Å²) < 4.78 is 5.52. The van der Waals surface area contributed by atoms with Crippen LogP contribution in [0.3, 0.4) is 0 Å². The fraction of sp³-hybridized carbons (Fsp3) is 0.583. The van der Waals surface area contributed by atoms with E-state index in [0.29, 0.717) is 6.54 Å². The van der Waals surface area contributed by atoms with Gasteiger partial charge in [0.15, 0.2) is 0 Å². The maximum Gasteiger partial charge on any atom is 0.408 e. The summed E-state index contributed by atoms with van der Waals surface area (Å²) in [5, 5.41) is 6.00. The van der Waals surface area contributed by atoms with Gasteiger partial charge in [-0.15, -0.1) is 0 Å². The number of carbonyl (C=O) groups is 3. The van der Waals surface area contributed by atoms with Crippen LogP contribution in [0.2, 0.25) is 0 Å². The molecule has 2 atom stereocenters. The molecule has 0 fully saturated rings. The Labute approximate surface area is 260 Å². The predicted molar refractivity (Wildman–Crippen MR) is 176 cm³/mol. The monoisotopic (exact) mass is 593 g/mol. The van der Waals surface area contributed by atoms with Crippen LogP contribution in [0, 0.1) is 33.6 Å². The second-order valence-electron chi connectivity index (χ2n) is 13.2. The fourth-order valence-corrected chi connectivity index (χ4v) is 5.26. The second-order valence-corrected chi connectivity index (χ2v) is 13.2. The summed E-state index contributed by atoms with van der Waals surface area (Å²) in [4.78, 5) is 43.5. The first-order valence-electron chi connectivity index (χ1n) is 15.9. The molecule has 7 heteroatoms. The van der Waals surface area contributed by atoms with E-state index in [1.54, 1.807) is 25.7 Å². The number of anilines is 1. The smallest absolute Gasteiger partial charge is 0.408 e. The number of benzene rings is 2. The van der Waals surface area contributed by atoms with E-state index in [2.05, 4.69) is 17.6 Å². The Morgan fingerprint density at radius 1 is 0.860 bits per heavy atom. The van der Waals surface area contributed by atoms with Crippen LogP contribution in [0.25, 0.3) is 0 Å². The number of nitrogens with zero attached hydrogens (tertiary/aromatic N) is 1. The average Bonchev–Trinajstić information content (AvgIpc) is 2.91. The van der Waals surface area contributed by atoms with Crippen molar-refractivity contribution in [1.29, 1.82) is 0 Å². The van der Waals surface area contributed by atoms with Gasteiger partial charge in [-0.1, -0.05) is 94.8 Å². The minimum absolute atomic E-state index is 0.229. The minimum Gasteiger partial charge on any atom is -0.444 e. The van der Waals surface area contributed by atoms with Gasteiger partial charge < -0.3 is 20.3 Å². The number of nitrogens with one attached hydrogen (secondary N) is 2. The standard InChI is InChI=1S/C36H55N3O4/c1-11-12-13-14-15-16-22-39(34(41)30(24(2)3)38-35(42)43-36(8,9)10)32(29-23-25(4)20-21-26(29)5)33(40)37-31-27(6)18-17-19-28(31)7/h17-21,23-24,30,32H,11-16,22H2,1-10H3,(H,37,40)(H,38,42). The number of para-hydroxylation sites is 1. The second kappa shape index (κ2) is 16.5. The number of hydrogen-bond donors (Lipinski definition) is 2. The van der Waals surface area contributed by atoms with E-state index in [4.69, 9.17) is 4.74 Å². The molecule has 0 heterocycles. The zero-order chi connectivity index (χ0) is 32.3. The Balaban J connectivity index is 2.60. The average molecular weight is 594 g/mol. The van der Waals surface area contributed by atoms with Crippen LogP contribution in [0.4, 0.5) is 10.5 Å². The molecule has 7 nitrogen and oxygen atoms in total. The van der Waals surface area contributed by atoms with Crippen molar-refractivity contribution >= 4 is 23.6 Å². The number of alkyl carbamates (subject to hydrolysis) is 1. The summed E-state index contributed by atoms with van der Waals surface area (Å²) in [7, 11) is 0. The van der Waals surface area contributed by atoms with Gasteiger partial charge >= 0.3 is 6.09 Å². The molecule has 238 valence electrons. The lowest BCUT2D eigenvalue weighted by Crippen LogP contribution is -2.54. The third-order valence-corrected chi connectivity index (χ3v) is 7.66. The fourth-order valence-electron chi connectivity index (χ4n) is 5.26. The van der Waals surface area contributed by atoms with Crippen molar-refractivity contribution in [2.24, 2.45) is 5.92 Å². The number of amides is 3. The van der Waals surface area contributed by atoms with Gasteiger partial charge in [-0.2, -0.15) is 0 Å². The van der Waals surface area contributed by atoms with Gasteiger partial charge in [0.05, 0.1) is 0 Å². The van der Waals surface area contributed by atoms with Gasteiger partial charge in [-0.05, 0) is 83.1 Å². The molecule has 2 rings (SSSR count). The molecule has 0 aliphatic heterocycles. The van der Waals surface area contributed by atoms with Crippen LogP contribution in [-0.2, 0) is 14.3 Å². The third kappa shape index (κ3) is 11.0. The number of unbranched alkanes of at least 4 members (excludes halogenated alkanes) is 5. The highest BCUT2D eigenvalue weighted by molar-refractivity contribution is 6.00. The van der Waals surface area contributed by atoms with Crippen LogP contribution in [0.15, 0.2) is 36.4 Å². The van der Waals surface area contributed by atoms with Gasteiger partial charge in [0.2, 0.25) is 5.91 Å². The predicted octanol–water partition coefficient (Wildman–Crippen LogP) is 8.34. The molecule has 2 aromatic rings. The maximum atomic E-state index is 14.5. The van der Waals surface area contributed by atoms with Gasteiger partial charge in [0.1, 0.15) is 17.7 Å². The Hall–Kier alpha value is -3.35. The molecule has 2 unspecified atom stereocenters. The largest absolute Gasteiger partial charge is 0.444 e. The molecular weight excluding hydrogens is 538 g/mol. The van der Waals surface area contributed by atoms with Gasteiger partial charge in [0.25, 0.3) is 5.91 Å². The Morgan fingerprint density at radius 3 is 2.05 bits per heavy atom. The van der Waals surface area contributed by atoms with E-state index in [1.807, 2.05) is 77.9 Å². The summed E-state index contributed by atoms with van der Waals surface area (Å²) >= 11 is 0. The van der Waals surface area contributed by atoms with Gasteiger partial charge in [-0.25, -0.2) is 4.79 Å². The molecule has 43 heavy (non-hydrogen) atoms. The topological polar surface area (TPSA) is 87.7 Å². The summed E-state index contributed by atoms with van der Waals surface area (Å²) in [5.74, 6) is -0.796. The number of hydrogen-bond acceptors (Lipinski definition) is 4. The van der Waals surface area contributed by atoms with E-state index in [1.165, 1.54) is 6.42 Å². The van der Waals surface area contributed by atoms with Gasteiger partial charge in [-0.3, -0.25) is 9.59 Å². The number of rotatable bonds is 14. The van der Waals surface area contributed by atoms with E-state index >= 15 is 0 Å². The normalized spacial score (nSPS) is 12.9. The lowest BCUT2D eigenvalue weighted by molar-refractivity contribution is -0.141. The van der Waals surface area contributed by atoms with Crippen molar-refractivity contribution in [3.63, 3.8) is 0 Å². The van der Waals surface area contributed by atoms with Gasteiger partial charge in [0, 0.05) is 12.2 Å². The highest BCUT2D eigenvalue weighted by Gasteiger charge is 2.38. The molecule has 0 spiro atoms. The van der Waals surface area contributed by atoms with Crippen LogP contribution >= 0.6 is 0 Å². The summed E-state index contributed by atoms with van der Waals surface area (Å²) in [6.45, 7) is 19.6. The molecule has 0 aromatic heterocycles. The molecule has 0 aliphatic rings. The van der Waals surface area contributed by atoms with E-state index in [9.17, 15) is 14.4 Å². The van der Waals surface area contributed by atoms with Crippen molar-refractivity contribution in [3.05, 3.63) is 64.2 Å². The van der Waals surface area contributed by atoms with Crippen molar-refractivity contribution in [1.82, 2.24) is 10.2 Å². The number of carbonyl (C=O) groups excluding carboxylic acids is 3. The first kappa shape index (κ1) is 35.8. The van der Waals surface area contributed by atoms with E-state index in [0.717, 1.165) is 65.6 Å². The lowest BCUT2D eigenvalue weighted by Gasteiger charge is -2.36. The molecule has 0 bridgehead atoms. The number of ether oxygens (including phenoxy) is 1. The third-order valence-electron chi connectivity index (χ3n) is 7.66. The maximum absolute atomic E-state index is 14.5. The lowest BCUT2D eigenvalue weighted by atomic mass is 9.94. The molecule has 0 radical (unpaired) electrons. The van der Waals surface area contributed by atoms with Crippen LogP contribution < -0.4 is 10.6 Å². The van der Waals surface area contributed by atoms with Crippen LogP contribution in [0.5, 0.6) is 0 Å². The van der Waals surface area contributed by atoms with Crippen LogP contribution in [0.1, 0.15) is 114 Å². The van der Waals surface area contributed by atoms with Crippen molar-refractivity contribution in [2.45, 2.75) is 125 Å². The summed E-state index contributed by atoms with van der Waals surface area (Å²) in [5.41, 5.74) is 4.66.